The van der Waals surface area contributed by atoms with Crippen molar-refractivity contribution < 1.29 is 26.4 Å². The molecule has 0 heterocycles. The van der Waals surface area contributed by atoms with E-state index < -0.39 is 39.0 Å². The van der Waals surface area contributed by atoms with E-state index in [0.29, 0.717) is 0 Å². The van der Waals surface area contributed by atoms with Crippen molar-refractivity contribution in [3.05, 3.63) is 24.3 Å². The second-order valence-electron chi connectivity index (χ2n) is 4.00. The van der Waals surface area contributed by atoms with Gasteiger partial charge in [0, 0.05) is 18.8 Å². The van der Waals surface area contributed by atoms with Crippen molar-refractivity contribution in [1.82, 2.24) is 4.72 Å². The number of rotatable bonds is 7. The summed E-state index contributed by atoms with van der Waals surface area (Å²) in [7, 11) is -3.78. The first kappa shape index (κ1) is 18.7. The summed E-state index contributed by atoms with van der Waals surface area (Å²) in [6, 6.07) is 5.18. The Morgan fingerprint density at radius 1 is 1.32 bits per heavy atom. The second kappa shape index (κ2) is 7.81. The molecule has 0 fully saturated rings. The number of thioether (sulfide) groups is 1. The molecule has 0 saturated carbocycles. The zero-order chi connectivity index (χ0) is 16.8. The lowest BCUT2D eigenvalue weighted by atomic mass is 10.3. The van der Waals surface area contributed by atoms with Gasteiger partial charge in [-0.2, -0.15) is 13.2 Å². The van der Waals surface area contributed by atoms with Gasteiger partial charge >= 0.3 is 5.51 Å². The fourth-order valence-electron chi connectivity index (χ4n) is 1.36. The van der Waals surface area contributed by atoms with E-state index in [1.54, 1.807) is 0 Å². The molecule has 0 bridgehead atoms. The molecule has 0 unspecified atom stereocenters. The Morgan fingerprint density at radius 3 is 2.59 bits per heavy atom. The summed E-state index contributed by atoms with van der Waals surface area (Å²) in [6.07, 6.45) is 0. The first-order chi connectivity index (χ1) is 10.1. The van der Waals surface area contributed by atoms with Crippen LogP contribution in [0.5, 0.6) is 0 Å². The molecule has 0 aliphatic carbocycles. The molecule has 0 radical (unpaired) electrons. The van der Waals surface area contributed by atoms with Crippen molar-refractivity contribution in [3.63, 3.8) is 0 Å². The van der Waals surface area contributed by atoms with Crippen LogP contribution in [0.1, 0.15) is 0 Å². The number of halogens is 3. The number of anilines is 1. The molecule has 1 aromatic carbocycles. The predicted octanol–water partition coefficient (Wildman–Crippen LogP) is 1.12. The maximum absolute atomic E-state index is 12.0. The molecule has 0 aliphatic heterocycles. The van der Waals surface area contributed by atoms with E-state index in [-0.39, 0.29) is 23.7 Å². The van der Waals surface area contributed by atoms with Crippen LogP contribution in [0, 0.1) is 0 Å². The molecule has 0 spiro atoms. The number of benzene rings is 1. The Labute approximate surface area is 129 Å². The summed E-state index contributed by atoms with van der Waals surface area (Å²) in [5, 5.41) is 2.21. The standard InChI is InChI=1S/C11H14F3N3O3S2/c12-11(13,14)21-7-10(18)17-8-2-1-3-9(6-8)22(19,20)16-5-4-15/h1-3,6,16H,4-5,7,15H2,(H,17,18). The first-order valence-corrected chi connectivity index (χ1v) is 8.41. The predicted molar refractivity (Wildman–Crippen MR) is 77.8 cm³/mol. The first-order valence-electron chi connectivity index (χ1n) is 5.94. The third-order valence-corrected chi connectivity index (χ3v) is 4.42. The van der Waals surface area contributed by atoms with Gasteiger partial charge < -0.3 is 11.1 Å². The van der Waals surface area contributed by atoms with Gasteiger partial charge in [0.1, 0.15) is 0 Å². The number of amides is 1. The number of nitrogens with two attached hydrogens (primary N) is 1. The summed E-state index contributed by atoms with van der Waals surface area (Å²) in [6.45, 7) is 0.158. The van der Waals surface area contributed by atoms with E-state index in [9.17, 15) is 26.4 Å². The van der Waals surface area contributed by atoms with E-state index in [2.05, 4.69) is 10.0 Å². The molecule has 4 N–H and O–H groups in total. The molecule has 0 saturated heterocycles. The average Bonchev–Trinajstić information content (AvgIpc) is 2.43. The molecule has 1 rings (SSSR count). The van der Waals surface area contributed by atoms with Crippen LogP contribution in [-0.4, -0.2) is 38.7 Å². The smallest absolute Gasteiger partial charge is 0.329 e. The fourth-order valence-corrected chi connectivity index (χ4v) is 2.82. The molecule has 124 valence electrons. The lowest BCUT2D eigenvalue weighted by molar-refractivity contribution is -0.114. The maximum Gasteiger partial charge on any atom is 0.442 e. The van der Waals surface area contributed by atoms with Crippen molar-refractivity contribution >= 4 is 33.4 Å². The average molecular weight is 357 g/mol. The third kappa shape index (κ3) is 6.64. The Kier molecular flexibility index (Phi) is 6.66. The molecule has 6 nitrogen and oxygen atoms in total. The summed E-state index contributed by atoms with van der Waals surface area (Å²) >= 11 is -0.475. The molecular weight excluding hydrogens is 343 g/mol. The molecule has 0 aliphatic rings. The van der Waals surface area contributed by atoms with Crippen LogP contribution in [0.15, 0.2) is 29.2 Å². The molecule has 1 aromatic rings. The van der Waals surface area contributed by atoms with Crippen LogP contribution in [0.4, 0.5) is 18.9 Å². The number of hydrogen-bond acceptors (Lipinski definition) is 5. The van der Waals surface area contributed by atoms with Gasteiger partial charge in [0.15, 0.2) is 0 Å². The SMILES string of the molecule is NCCNS(=O)(=O)c1cccc(NC(=O)CSC(F)(F)F)c1. The Morgan fingerprint density at radius 2 is 2.00 bits per heavy atom. The van der Waals surface area contributed by atoms with Crippen LogP contribution < -0.4 is 15.8 Å². The van der Waals surface area contributed by atoms with Crippen LogP contribution in [0.2, 0.25) is 0 Å². The highest BCUT2D eigenvalue weighted by Gasteiger charge is 2.29. The van der Waals surface area contributed by atoms with Gasteiger partial charge in [-0.1, -0.05) is 6.07 Å². The Balaban J connectivity index is 2.74. The summed E-state index contributed by atoms with van der Waals surface area (Å²) < 4.78 is 61.9. The second-order valence-corrected chi connectivity index (χ2v) is 6.80. The fraction of sp³-hybridized carbons (Fsp3) is 0.364. The van der Waals surface area contributed by atoms with Crippen molar-refractivity contribution in [1.29, 1.82) is 0 Å². The van der Waals surface area contributed by atoms with Crippen molar-refractivity contribution in [2.45, 2.75) is 10.4 Å². The van der Waals surface area contributed by atoms with E-state index in [1.165, 1.54) is 18.2 Å². The van der Waals surface area contributed by atoms with E-state index in [4.69, 9.17) is 5.73 Å². The van der Waals surface area contributed by atoms with Crippen molar-refractivity contribution in [3.8, 4) is 0 Å². The summed E-state index contributed by atoms with van der Waals surface area (Å²) in [5.74, 6) is -1.70. The highest BCUT2D eigenvalue weighted by Crippen LogP contribution is 2.30. The lowest BCUT2D eigenvalue weighted by Crippen LogP contribution is -2.29. The van der Waals surface area contributed by atoms with Crippen molar-refractivity contribution in [2.24, 2.45) is 5.73 Å². The zero-order valence-corrected chi connectivity index (χ0v) is 12.8. The number of sulfonamides is 1. The molecule has 11 heteroatoms. The minimum Gasteiger partial charge on any atom is -0.329 e. The highest BCUT2D eigenvalue weighted by atomic mass is 32.2. The van der Waals surface area contributed by atoms with Gasteiger partial charge in [0.05, 0.1) is 10.6 Å². The van der Waals surface area contributed by atoms with Gasteiger partial charge in [-0.25, -0.2) is 13.1 Å². The van der Waals surface area contributed by atoms with Gasteiger partial charge in [-0.15, -0.1) is 0 Å². The van der Waals surface area contributed by atoms with Crippen LogP contribution >= 0.6 is 11.8 Å². The van der Waals surface area contributed by atoms with E-state index >= 15 is 0 Å². The quantitative estimate of drug-likeness (QED) is 0.679. The number of hydrogen-bond donors (Lipinski definition) is 3. The molecular formula is C11H14F3N3O3S2. The van der Waals surface area contributed by atoms with Gasteiger partial charge in [0.2, 0.25) is 15.9 Å². The maximum atomic E-state index is 12.0. The third-order valence-electron chi connectivity index (χ3n) is 2.23. The lowest BCUT2D eigenvalue weighted by Gasteiger charge is -2.09. The number of carbonyl (C=O) groups is 1. The molecule has 0 atom stereocenters. The number of alkyl halides is 3. The van der Waals surface area contributed by atoms with Crippen LogP contribution in [0.3, 0.4) is 0 Å². The minimum atomic E-state index is -4.51. The number of nitrogens with one attached hydrogen (secondary N) is 2. The van der Waals surface area contributed by atoms with Gasteiger partial charge in [-0.3, -0.25) is 4.79 Å². The summed E-state index contributed by atoms with van der Waals surface area (Å²) in [4.78, 5) is 11.3. The van der Waals surface area contributed by atoms with Crippen molar-refractivity contribution in [2.75, 3.05) is 24.2 Å². The van der Waals surface area contributed by atoms with Crippen LogP contribution in [-0.2, 0) is 14.8 Å². The van der Waals surface area contributed by atoms with E-state index in [1.807, 2.05) is 0 Å². The van der Waals surface area contributed by atoms with Gasteiger partial charge in [-0.05, 0) is 30.0 Å². The van der Waals surface area contributed by atoms with Gasteiger partial charge in [0.25, 0.3) is 0 Å². The van der Waals surface area contributed by atoms with E-state index in [0.717, 1.165) is 6.07 Å². The Bertz CT molecular complexity index is 620. The largest absolute Gasteiger partial charge is 0.442 e. The molecule has 22 heavy (non-hydrogen) atoms. The number of carbonyl (C=O) groups excluding carboxylic acids is 1. The molecule has 0 aromatic heterocycles. The highest BCUT2D eigenvalue weighted by molar-refractivity contribution is 8.00. The topological polar surface area (TPSA) is 101 Å². The minimum absolute atomic E-state index is 0.0428. The Hall–Kier alpha value is -1.30. The molecule has 1 amide bonds. The summed E-state index contributed by atoms with van der Waals surface area (Å²) in [5.41, 5.74) is 0.781. The monoisotopic (exact) mass is 357 g/mol. The normalized spacial score (nSPS) is 12.2. The zero-order valence-electron chi connectivity index (χ0n) is 11.2. The van der Waals surface area contributed by atoms with Crippen LogP contribution in [0.25, 0.3) is 0 Å².